The van der Waals surface area contributed by atoms with Gasteiger partial charge in [-0.05, 0) is 66.6 Å². The molecule has 0 aliphatic carbocycles. The van der Waals surface area contributed by atoms with Crippen molar-refractivity contribution in [3.63, 3.8) is 0 Å². The van der Waals surface area contributed by atoms with Gasteiger partial charge in [0.25, 0.3) is 0 Å². The number of nitrogens with one attached hydrogen (secondary N) is 1. The third kappa shape index (κ3) is 3.94. The first-order valence-electron chi connectivity index (χ1n) is 10.3. The van der Waals surface area contributed by atoms with Crippen LogP contribution in [0.1, 0.15) is 46.5 Å². The second-order valence-electron chi connectivity index (χ2n) is 9.18. The molecule has 1 N–H and O–H groups in total. The molecule has 7 heteroatoms. The monoisotopic (exact) mass is 371 g/mol. The van der Waals surface area contributed by atoms with Gasteiger partial charge < -0.3 is 15.1 Å². The van der Waals surface area contributed by atoms with Gasteiger partial charge in [0.05, 0.1) is 17.1 Å². The molecule has 0 bridgehead atoms. The lowest BCUT2D eigenvalue weighted by Gasteiger charge is -2.41. The number of hydrogen-bond acceptors (Lipinski definition) is 6. The summed E-state index contributed by atoms with van der Waals surface area (Å²) in [6.07, 6.45) is 8.52. The SMILES string of the molecule is CN1CCC(N2CCC(Nc3ncnc4c3cnn4C(C)(C)C)CC2)CC1. The van der Waals surface area contributed by atoms with E-state index in [2.05, 4.69) is 58.0 Å². The predicted octanol–water partition coefficient (Wildman–Crippen LogP) is 2.55. The Morgan fingerprint density at radius 2 is 1.70 bits per heavy atom. The van der Waals surface area contributed by atoms with Crippen LogP contribution in [0, 0.1) is 0 Å². The van der Waals surface area contributed by atoms with E-state index >= 15 is 0 Å². The van der Waals surface area contributed by atoms with Crippen LogP contribution in [-0.2, 0) is 5.54 Å². The first-order chi connectivity index (χ1) is 12.9. The van der Waals surface area contributed by atoms with Crippen LogP contribution in [-0.4, -0.2) is 74.9 Å². The van der Waals surface area contributed by atoms with E-state index < -0.39 is 0 Å². The number of nitrogens with zero attached hydrogens (tertiary/aromatic N) is 6. The number of rotatable bonds is 3. The highest BCUT2D eigenvalue weighted by Gasteiger charge is 2.28. The Morgan fingerprint density at radius 1 is 1.00 bits per heavy atom. The van der Waals surface area contributed by atoms with Gasteiger partial charge in [-0.3, -0.25) is 0 Å². The van der Waals surface area contributed by atoms with Gasteiger partial charge >= 0.3 is 0 Å². The second-order valence-corrected chi connectivity index (χ2v) is 9.18. The summed E-state index contributed by atoms with van der Waals surface area (Å²) in [4.78, 5) is 14.2. The molecular weight excluding hydrogens is 338 g/mol. The molecule has 2 fully saturated rings. The van der Waals surface area contributed by atoms with Crippen molar-refractivity contribution in [1.82, 2.24) is 29.5 Å². The molecule has 2 aromatic rings. The molecule has 0 radical (unpaired) electrons. The zero-order chi connectivity index (χ0) is 19.0. The van der Waals surface area contributed by atoms with Crippen LogP contribution in [0.4, 0.5) is 5.82 Å². The van der Waals surface area contributed by atoms with Gasteiger partial charge in [0.1, 0.15) is 12.1 Å². The summed E-state index contributed by atoms with van der Waals surface area (Å²) in [5.74, 6) is 0.924. The Balaban J connectivity index is 1.40. The number of anilines is 1. The quantitative estimate of drug-likeness (QED) is 0.895. The molecule has 0 atom stereocenters. The number of piperidine rings is 2. The van der Waals surface area contributed by atoms with Crippen LogP contribution in [0.2, 0.25) is 0 Å². The standard InChI is InChI=1S/C20H33N7/c1-20(2,3)27-19-17(13-23-27)18(21-14-22-19)24-15-5-11-26(12-6-15)16-7-9-25(4)10-8-16/h13-16H,5-12H2,1-4H3,(H,21,22,24). The summed E-state index contributed by atoms with van der Waals surface area (Å²) in [5.41, 5.74) is 0.816. The van der Waals surface area contributed by atoms with Gasteiger partial charge in [-0.2, -0.15) is 5.10 Å². The summed E-state index contributed by atoms with van der Waals surface area (Å²) in [5, 5.41) is 9.26. The molecule has 0 aromatic carbocycles. The van der Waals surface area contributed by atoms with Crippen LogP contribution in [0.5, 0.6) is 0 Å². The average molecular weight is 372 g/mol. The summed E-state index contributed by atoms with van der Waals surface area (Å²) in [7, 11) is 2.23. The van der Waals surface area contributed by atoms with Crippen molar-refractivity contribution in [1.29, 1.82) is 0 Å². The minimum atomic E-state index is -0.0905. The van der Waals surface area contributed by atoms with Crippen LogP contribution >= 0.6 is 0 Å². The van der Waals surface area contributed by atoms with E-state index in [1.807, 2.05) is 10.9 Å². The molecule has 27 heavy (non-hydrogen) atoms. The number of fused-ring (bicyclic) bond motifs is 1. The molecule has 0 amide bonds. The minimum absolute atomic E-state index is 0.0905. The largest absolute Gasteiger partial charge is 0.367 e. The van der Waals surface area contributed by atoms with Gasteiger partial charge in [0, 0.05) is 25.2 Å². The van der Waals surface area contributed by atoms with E-state index in [9.17, 15) is 0 Å². The fraction of sp³-hybridized carbons (Fsp3) is 0.750. The highest BCUT2D eigenvalue weighted by molar-refractivity contribution is 5.86. The molecule has 2 aromatic heterocycles. The summed E-state index contributed by atoms with van der Waals surface area (Å²) in [6, 6.07) is 1.25. The van der Waals surface area contributed by atoms with Crippen LogP contribution < -0.4 is 5.32 Å². The van der Waals surface area contributed by atoms with E-state index in [0.717, 1.165) is 22.9 Å². The van der Waals surface area contributed by atoms with Crippen molar-refractivity contribution in [2.75, 3.05) is 38.5 Å². The highest BCUT2D eigenvalue weighted by Crippen LogP contribution is 2.27. The van der Waals surface area contributed by atoms with E-state index in [-0.39, 0.29) is 5.54 Å². The predicted molar refractivity (Wildman–Crippen MR) is 109 cm³/mol. The topological polar surface area (TPSA) is 62.1 Å². The van der Waals surface area contributed by atoms with Gasteiger partial charge in [0.2, 0.25) is 0 Å². The van der Waals surface area contributed by atoms with Crippen molar-refractivity contribution >= 4 is 16.9 Å². The molecule has 2 aliphatic rings. The Hall–Kier alpha value is -1.73. The van der Waals surface area contributed by atoms with E-state index in [1.165, 1.54) is 51.9 Å². The Kier molecular flexibility index (Phi) is 5.07. The maximum Gasteiger partial charge on any atom is 0.163 e. The van der Waals surface area contributed by atoms with E-state index in [4.69, 9.17) is 0 Å². The third-order valence-electron chi connectivity index (χ3n) is 6.08. The third-order valence-corrected chi connectivity index (χ3v) is 6.08. The fourth-order valence-electron chi connectivity index (χ4n) is 4.41. The van der Waals surface area contributed by atoms with Crippen molar-refractivity contribution in [2.45, 2.75) is 64.1 Å². The van der Waals surface area contributed by atoms with Gasteiger partial charge in [-0.1, -0.05) is 0 Å². The Bertz CT molecular complexity index is 762. The molecule has 0 unspecified atom stereocenters. The van der Waals surface area contributed by atoms with Gasteiger partial charge in [-0.25, -0.2) is 14.6 Å². The molecule has 148 valence electrons. The van der Waals surface area contributed by atoms with Crippen molar-refractivity contribution < 1.29 is 0 Å². The Morgan fingerprint density at radius 3 is 2.37 bits per heavy atom. The molecular formula is C20H33N7. The van der Waals surface area contributed by atoms with E-state index in [1.54, 1.807) is 6.33 Å². The van der Waals surface area contributed by atoms with Crippen LogP contribution in [0.25, 0.3) is 11.0 Å². The normalized spacial score (nSPS) is 21.8. The molecule has 7 nitrogen and oxygen atoms in total. The smallest absolute Gasteiger partial charge is 0.163 e. The lowest BCUT2D eigenvalue weighted by atomic mass is 9.98. The van der Waals surface area contributed by atoms with Crippen LogP contribution in [0.15, 0.2) is 12.5 Å². The zero-order valence-electron chi connectivity index (χ0n) is 17.1. The molecule has 4 rings (SSSR count). The molecule has 4 heterocycles. The second kappa shape index (κ2) is 7.36. The fourth-order valence-corrected chi connectivity index (χ4v) is 4.41. The van der Waals surface area contributed by atoms with E-state index in [0.29, 0.717) is 6.04 Å². The van der Waals surface area contributed by atoms with Crippen LogP contribution in [0.3, 0.4) is 0 Å². The summed E-state index contributed by atoms with van der Waals surface area (Å²) < 4.78 is 1.98. The lowest BCUT2D eigenvalue weighted by molar-refractivity contribution is 0.0994. The Labute approximate surface area is 162 Å². The minimum Gasteiger partial charge on any atom is -0.367 e. The number of hydrogen-bond donors (Lipinski definition) is 1. The first kappa shape index (κ1) is 18.6. The summed E-state index contributed by atoms with van der Waals surface area (Å²) in [6.45, 7) is 11.3. The highest BCUT2D eigenvalue weighted by atomic mass is 15.3. The number of aromatic nitrogens is 4. The lowest BCUT2D eigenvalue weighted by Crippen LogP contribution is -2.48. The number of likely N-dealkylation sites (tertiary alicyclic amines) is 2. The molecule has 0 saturated carbocycles. The van der Waals surface area contributed by atoms with Crippen molar-refractivity contribution in [3.05, 3.63) is 12.5 Å². The van der Waals surface area contributed by atoms with Crippen molar-refractivity contribution in [2.24, 2.45) is 0 Å². The molecule has 2 aliphatic heterocycles. The van der Waals surface area contributed by atoms with Gasteiger partial charge in [0.15, 0.2) is 5.65 Å². The van der Waals surface area contributed by atoms with Crippen molar-refractivity contribution in [3.8, 4) is 0 Å². The zero-order valence-corrected chi connectivity index (χ0v) is 17.1. The van der Waals surface area contributed by atoms with Gasteiger partial charge in [-0.15, -0.1) is 0 Å². The molecule has 2 saturated heterocycles. The maximum absolute atomic E-state index is 4.56. The average Bonchev–Trinajstić information content (AvgIpc) is 3.09. The maximum atomic E-state index is 4.56. The molecule has 0 spiro atoms. The summed E-state index contributed by atoms with van der Waals surface area (Å²) >= 11 is 0. The first-order valence-corrected chi connectivity index (χ1v) is 10.3.